The van der Waals surface area contributed by atoms with Crippen molar-refractivity contribution in [1.29, 1.82) is 0 Å². The third-order valence-electron chi connectivity index (χ3n) is 2.96. The summed E-state index contributed by atoms with van der Waals surface area (Å²) in [6.07, 6.45) is 0.190. The lowest BCUT2D eigenvalue weighted by atomic mass is 10.2. The molecule has 3 N–H and O–H groups in total. The molecule has 0 spiro atoms. The van der Waals surface area contributed by atoms with Gasteiger partial charge < -0.3 is 15.4 Å². The Kier molecular flexibility index (Phi) is 4.24. The number of benzene rings is 1. The Bertz CT molecular complexity index is 651. The van der Waals surface area contributed by atoms with Crippen molar-refractivity contribution >= 4 is 22.5 Å². The summed E-state index contributed by atoms with van der Waals surface area (Å²) in [7, 11) is 1.87. The highest BCUT2D eigenvalue weighted by molar-refractivity contribution is 5.81. The monoisotopic (exact) mass is 276 g/mol. The molecule has 6 nitrogen and oxygen atoms in total. The molecule has 20 heavy (non-hydrogen) atoms. The molecule has 0 amide bonds. The maximum absolute atomic E-state index is 12.0. The minimum atomic E-state index is -0.186. The van der Waals surface area contributed by atoms with Gasteiger partial charge in [-0.25, -0.2) is 4.98 Å². The van der Waals surface area contributed by atoms with E-state index in [1.807, 2.05) is 25.8 Å². The lowest BCUT2D eigenvalue weighted by molar-refractivity contribution is 0.0844. The summed E-state index contributed by atoms with van der Waals surface area (Å²) in [5, 5.41) is 0.501. The van der Waals surface area contributed by atoms with Gasteiger partial charge in [0.25, 0.3) is 5.56 Å². The van der Waals surface area contributed by atoms with E-state index in [0.717, 1.165) is 0 Å². The first-order valence-corrected chi connectivity index (χ1v) is 6.59. The number of hydrogen-bond acceptors (Lipinski definition) is 5. The number of nitrogen functional groups attached to an aromatic ring is 1. The smallest absolute Gasteiger partial charge is 0.260 e. The second-order valence-electron chi connectivity index (χ2n) is 5.01. The van der Waals surface area contributed by atoms with Crippen molar-refractivity contribution < 1.29 is 4.74 Å². The number of aromatic nitrogens is 2. The van der Waals surface area contributed by atoms with Crippen LogP contribution in [0.5, 0.6) is 0 Å². The standard InChI is InChI=1S/C14H20N4O2/c1-9(2)20-7-6-18(3)14-16-12-5-4-10(15)8-11(12)13(19)17-14/h4-5,8-9H,6-7,15H2,1-3H3,(H,16,17,19). The van der Waals surface area contributed by atoms with E-state index in [1.54, 1.807) is 18.2 Å². The summed E-state index contributed by atoms with van der Waals surface area (Å²) in [5.41, 5.74) is 6.68. The van der Waals surface area contributed by atoms with Crippen molar-refractivity contribution in [3.8, 4) is 0 Å². The number of aromatic amines is 1. The molecule has 0 bridgehead atoms. The van der Waals surface area contributed by atoms with Crippen molar-refractivity contribution in [1.82, 2.24) is 9.97 Å². The second kappa shape index (κ2) is 5.92. The summed E-state index contributed by atoms with van der Waals surface area (Å²) in [4.78, 5) is 21.1. The van der Waals surface area contributed by atoms with Crippen LogP contribution in [0.1, 0.15) is 13.8 Å². The van der Waals surface area contributed by atoms with E-state index in [9.17, 15) is 4.79 Å². The van der Waals surface area contributed by atoms with E-state index in [0.29, 0.717) is 35.7 Å². The first-order valence-electron chi connectivity index (χ1n) is 6.59. The zero-order chi connectivity index (χ0) is 14.7. The predicted molar refractivity (Wildman–Crippen MR) is 81.1 cm³/mol. The lowest BCUT2D eigenvalue weighted by Crippen LogP contribution is -2.27. The molecule has 1 aromatic carbocycles. The molecule has 0 atom stereocenters. The van der Waals surface area contributed by atoms with Gasteiger partial charge in [-0.2, -0.15) is 0 Å². The fourth-order valence-corrected chi connectivity index (χ4v) is 1.86. The van der Waals surface area contributed by atoms with Gasteiger partial charge in [0.15, 0.2) is 0 Å². The van der Waals surface area contributed by atoms with Crippen LogP contribution in [0.3, 0.4) is 0 Å². The van der Waals surface area contributed by atoms with Gasteiger partial charge in [0, 0.05) is 19.3 Å². The molecule has 1 aromatic heterocycles. The molecule has 0 aliphatic heterocycles. The minimum Gasteiger partial charge on any atom is -0.399 e. The molecule has 0 aliphatic rings. The van der Waals surface area contributed by atoms with E-state index in [1.165, 1.54) is 0 Å². The highest BCUT2D eigenvalue weighted by atomic mass is 16.5. The van der Waals surface area contributed by atoms with E-state index in [4.69, 9.17) is 10.5 Å². The van der Waals surface area contributed by atoms with E-state index < -0.39 is 0 Å². The highest BCUT2D eigenvalue weighted by Gasteiger charge is 2.08. The molecule has 2 rings (SSSR count). The summed E-state index contributed by atoms with van der Waals surface area (Å²) < 4.78 is 5.49. The van der Waals surface area contributed by atoms with Gasteiger partial charge in [0.05, 0.1) is 23.6 Å². The number of fused-ring (bicyclic) bond motifs is 1. The number of ether oxygens (including phenoxy) is 1. The predicted octanol–water partition coefficient (Wildman–Crippen LogP) is 1.37. The number of H-pyrrole nitrogens is 1. The molecule has 0 saturated carbocycles. The Morgan fingerprint density at radius 2 is 2.20 bits per heavy atom. The van der Waals surface area contributed by atoms with Gasteiger partial charge in [-0.1, -0.05) is 0 Å². The third kappa shape index (κ3) is 3.27. The van der Waals surface area contributed by atoms with Crippen LogP contribution in [0.2, 0.25) is 0 Å². The summed E-state index contributed by atoms with van der Waals surface area (Å²) in [6, 6.07) is 5.12. The summed E-state index contributed by atoms with van der Waals surface area (Å²) in [5.74, 6) is 0.527. The molecular weight excluding hydrogens is 256 g/mol. The molecule has 0 unspecified atom stereocenters. The second-order valence-corrected chi connectivity index (χ2v) is 5.01. The van der Waals surface area contributed by atoms with Crippen LogP contribution in [-0.4, -0.2) is 36.3 Å². The molecule has 1 heterocycles. The fourth-order valence-electron chi connectivity index (χ4n) is 1.86. The molecule has 108 valence electrons. The van der Waals surface area contributed by atoms with Crippen molar-refractivity contribution in [2.75, 3.05) is 30.8 Å². The van der Waals surface area contributed by atoms with Crippen LogP contribution in [0.25, 0.3) is 10.9 Å². The lowest BCUT2D eigenvalue weighted by Gasteiger charge is -2.18. The van der Waals surface area contributed by atoms with Crippen molar-refractivity contribution in [2.45, 2.75) is 20.0 Å². The molecule has 0 radical (unpaired) electrons. The molecule has 0 aliphatic carbocycles. The van der Waals surface area contributed by atoms with Gasteiger partial charge in [0.1, 0.15) is 0 Å². The zero-order valence-corrected chi connectivity index (χ0v) is 12.0. The fraction of sp³-hybridized carbons (Fsp3) is 0.429. The number of hydrogen-bond donors (Lipinski definition) is 2. The van der Waals surface area contributed by atoms with Crippen LogP contribution in [0.15, 0.2) is 23.0 Å². The topological polar surface area (TPSA) is 84.2 Å². The van der Waals surface area contributed by atoms with Crippen LogP contribution in [0.4, 0.5) is 11.6 Å². The Hall–Kier alpha value is -2.08. The SMILES string of the molecule is CC(C)OCCN(C)c1nc2ccc(N)cc2c(=O)[nH]1. The number of nitrogens with zero attached hydrogens (tertiary/aromatic N) is 2. The van der Waals surface area contributed by atoms with Crippen molar-refractivity contribution in [3.63, 3.8) is 0 Å². The van der Waals surface area contributed by atoms with Gasteiger partial charge in [-0.15, -0.1) is 0 Å². The molecule has 6 heteroatoms. The van der Waals surface area contributed by atoms with Crippen LogP contribution in [0, 0.1) is 0 Å². The number of likely N-dealkylation sites (N-methyl/N-ethyl adjacent to an activating group) is 1. The van der Waals surface area contributed by atoms with Crippen LogP contribution in [-0.2, 0) is 4.74 Å². The van der Waals surface area contributed by atoms with Gasteiger partial charge >= 0.3 is 0 Å². The normalized spacial score (nSPS) is 11.2. The van der Waals surface area contributed by atoms with E-state index >= 15 is 0 Å². The Balaban J connectivity index is 2.22. The molecule has 0 saturated heterocycles. The Labute approximate surface area is 117 Å². The van der Waals surface area contributed by atoms with Crippen LogP contribution < -0.4 is 16.2 Å². The largest absolute Gasteiger partial charge is 0.399 e. The zero-order valence-electron chi connectivity index (χ0n) is 12.0. The molecule has 0 fully saturated rings. The Morgan fingerprint density at radius 3 is 2.90 bits per heavy atom. The van der Waals surface area contributed by atoms with Crippen molar-refractivity contribution in [3.05, 3.63) is 28.6 Å². The average molecular weight is 276 g/mol. The number of anilines is 2. The van der Waals surface area contributed by atoms with E-state index in [2.05, 4.69) is 9.97 Å². The highest BCUT2D eigenvalue weighted by Crippen LogP contribution is 2.14. The maximum atomic E-state index is 12.0. The van der Waals surface area contributed by atoms with Crippen molar-refractivity contribution in [2.24, 2.45) is 0 Å². The van der Waals surface area contributed by atoms with E-state index in [-0.39, 0.29) is 11.7 Å². The van der Waals surface area contributed by atoms with Gasteiger partial charge in [0.2, 0.25) is 5.95 Å². The number of nitrogens with one attached hydrogen (secondary N) is 1. The quantitative estimate of drug-likeness (QED) is 0.806. The summed E-state index contributed by atoms with van der Waals surface area (Å²) in [6.45, 7) is 5.21. The number of nitrogens with two attached hydrogens (primary N) is 1. The summed E-state index contributed by atoms with van der Waals surface area (Å²) >= 11 is 0. The number of rotatable bonds is 5. The molecular formula is C14H20N4O2. The molecule has 2 aromatic rings. The van der Waals surface area contributed by atoms with Crippen LogP contribution >= 0.6 is 0 Å². The maximum Gasteiger partial charge on any atom is 0.260 e. The first kappa shape index (κ1) is 14.3. The van der Waals surface area contributed by atoms with Gasteiger partial charge in [-0.3, -0.25) is 9.78 Å². The Morgan fingerprint density at radius 1 is 1.45 bits per heavy atom. The first-order chi connectivity index (χ1) is 9.47. The average Bonchev–Trinajstić information content (AvgIpc) is 2.38. The van der Waals surface area contributed by atoms with Gasteiger partial charge in [-0.05, 0) is 32.0 Å². The third-order valence-corrected chi connectivity index (χ3v) is 2.96. The minimum absolute atomic E-state index is 0.186.